The van der Waals surface area contributed by atoms with Crippen molar-refractivity contribution < 1.29 is 9.90 Å². The third kappa shape index (κ3) is 5.83. The van der Waals surface area contributed by atoms with E-state index in [2.05, 4.69) is 36.3 Å². The Bertz CT molecular complexity index is 428. The maximum atomic E-state index is 12.3. The number of carbonyl (C=O) groups is 1. The quantitative estimate of drug-likeness (QED) is 0.845. The molecule has 0 saturated heterocycles. The number of aliphatic hydroxyl groups excluding tert-OH is 1. The summed E-state index contributed by atoms with van der Waals surface area (Å²) in [6.07, 6.45) is 1.38. The summed E-state index contributed by atoms with van der Waals surface area (Å²) in [6, 6.07) is -0.188. The third-order valence-corrected chi connectivity index (χ3v) is 3.50. The predicted molar refractivity (Wildman–Crippen MR) is 81.0 cm³/mol. The number of aliphatic hydroxyl groups is 1. The lowest BCUT2D eigenvalue weighted by molar-refractivity contribution is 0.176. The van der Waals surface area contributed by atoms with Crippen molar-refractivity contribution >= 4 is 22.5 Å². The molecule has 2 N–H and O–H groups in total. The number of urea groups is 1. The van der Waals surface area contributed by atoms with Gasteiger partial charge in [0.05, 0.1) is 0 Å². The predicted octanol–water partition coefficient (Wildman–Crippen LogP) is 2.36. The molecule has 0 bridgehead atoms. The fraction of sp³-hybridized carbons (Fsp3) is 0.769. The Morgan fingerprint density at radius 2 is 2.10 bits per heavy atom. The van der Waals surface area contributed by atoms with Gasteiger partial charge in [-0.1, -0.05) is 39.0 Å². The first-order valence-corrected chi connectivity index (χ1v) is 7.66. The van der Waals surface area contributed by atoms with E-state index in [-0.39, 0.29) is 18.1 Å². The van der Waals surface area contributed by atoms with Crippen LogP contribution in [0.1, 0.15) is 39.1 Å². The first kappa shape index (κ1) is 16.8. The number of aryl methyl sites for hydroxylation is 1. The van der Waals surface area contributed by atoms with Crippen LogP contribution in [-0.4, -0.2) is 45.9 Å². The van der Waals surface area contributed by atoms with E-state index in [0.717, 1.165) is 11.4 Å². The average molecular weight is 300 g/mol. The number of anilines is 1. The minimum absolute atomic E-state index is 0.00248. The summed E-state index contributed by atoms with van der Waals surface area (Å²) in [5, 5.41) is 21.1. The highest BCUT2D eigenvalue weighted by Crippen LogP contribution is 2.19. The molecule has 1 heterocycles. The van der Waals surface area contributed by atoms with Gasteiger partial charge in [0.15, 0.2) is 0 Å². The molecule has 0 fully saturated rings. The molecule has 0 unspecified atom stereocenters. The summed E-state index contributed by atoms with van der Waals surface area (Å²) in [5.74, 6) is 0. The molecule has 0 spiro atoms. The molecule has 0 atom stereocenters. The van der Waals surface area contributed by atoms with Crippen molar-refractivity contribution in [3.63, 3.8) is 0 Å². The second-order valence-corrected chi connectivity index (χ2v) is 6.91. The molecule has 0 aliphatic heterocycles. The van der Waals surface area contributed by atoms with Crippen LogP contribution in [0.5, 0.6) is 0 Å². The van der Waals surface area contributed by atoms with Gasteiger partial charge in [-0.05, 0) is 18.3 Å². The molecule has 2 amide bonds. The largest absolute Gasteiger partial charge is 0.396 e. The van der Waals surface area contributed by atoms with E-state index >= 15 is 0 Å². The minimum Gasteiger partial charge on any atom is -0.396 e. The molecule has 0 radical (unpaired) electrons. The summed E-state index contributed by atoms with van der Waals surface area (Å²) >= 11 is 1.39. The van der Waals surface area contributed by atoms with Gasteiger partial charge in [0, 0.05) is 19.7 Å². The van der Waals surface area contributed by atoms with Gasteiger partial charge >= 0.3 is 6.03 Å². The number of hydrogen-bond donors (Lipinski definition) is 2. The highest BCUT2D eigenvalue weighted by molar-refractivity contribution is 7.15. The fourth-order valence-electron chi connectivity index (χ4n) is 1.70. The van der Waals surface area contributed by atoms with Gasteiger partial charge in [0.25, 0.3) is 0 Å². The van der Waals surface area contributed by atoms with E-state index in [4.69, 9.17) is 5.11 Å². The summed E-state index contributed by atoms with van der Waals surface area (Å²) < 4.78 is 0. The van der Waals surface area contributed by atoms with E-state index in [1.807, 2.05) is 6.92 Å². The number of rotatable bonds is 6. The zero-order valence-corrected chi connectivity index (χ0v) is 13.5. The second-order valence-electron chi connectivity index (χ2n) is 5.84. The van der Waals surface area contributed by atoms with E-state index < -0.39 is 0 Å². The first-order chi connectivity index (χ1) is 9.35. The highest BCUT2D eigenvalue weighted by Gasteiger charge is 2.21. The first-order valence-electron chi connectivity index (χ1n) is 6.85. The second kappa shape index (κ2) is 7.54. The highest BCUT2D eigenvalue weighted by atomic mass is 32.1. The van der Waals surface area contributed by atoms with Gasteiger partial charge in [-0.2, -0.15) is 0 Å². The molecule has 0 aliphatic rings. The lowest BCUT2D eigenvalue weighted by atomic mass is 9.96. The van der Waals surface area contributed by atoms with Gasteiger partial charge in [0.1, 0.15) is 5.01 Å². The van der Waals surface area contributed by atoms with Crippen molar-refractivity contribution in [1.29, 1.82) is 0 Å². The number of aromatic nitrogens is 2. The molecule has 114 valence electrons. The third-order valence-electron chi connectivity index (χ3n) is 2.52. The smallest absolute Gasteiger partial charge is 0.323 e. The van der Waals surface area contributed by atoms with E-state index in [0.29, 0.717) is 24.6 Å². The van der Waals surface area contributed by atoms with Gasteiger partial charge in [-0.15, -0.1) is 10.2 Å². The van der Waals surface area contributed by atoms with Crippen molar-refractivity contribution in [3.05, 3.63) is 5.01 Å². The van der Waals surface area contributed by atoms with Crippen LogP contribution in [0.3, 0.4) is 0 Å². The van der Waals surface area contributed by atoms with Crippen LogP contribution < -0.4 is 5.32 Å². The molecule has 0 saturated carbocycles. The van der Waals surface area contributed by atoms with Crippen molar-refractivity contribution in [2.45, 2.75) is 40.5 Å². The Hall–Kier alpha value is -1.21. The molecule has 6 nitrogen and oxygen atoms in total. The normalized spacial score (nSPS) is 11.4. The lowest BCUT2D eigenvalue weighted by Gasteiger charge is -2.29. The summed E-state index contributed by atoms with van der Waals surface area (Å²) in [6.45, 7) is 9.45. The summed E-state index contributed by atoms with van der Waals surface area (Å²) in [7, 11) is 0. The van der Waals surface area contributed by atoms with Crippen LogP contribution in [-0.2, 0) is 6.42 Å². The molecular formula is C13H24N4O2S. The summed E-state index contributed by atoms with van der Waals surface area (Å²) in [4.78, 5) is 14.0. The van der Waals surface area contributed by atoms with E-state index in [9.17, 15) is 4.79 Å². The maximum Gasteiger partial charge on any atom is 0.323 e. The van der Waals surface area contributed by atoms with Crippen molar-refractivity contribution in [2.75, 3.05) is 25.0 Å². The van der Waals surface area contributed by atoms with Gasteiger partial charge in [-0.25, -0.2) is 4.79 Å². The van der Waals surface area contributed by atoms with Crippen LogP contribution in [0, 0.1) is 5.41 Å². The molecule has 1 aromatic heterocycles. The Morgan fingerprint density at radius 3 is 2.60 bits per heavy atom. The summed E-state index contributed by atoms with van der Waals surface area (Å²) in [5.41, 5.74) is 0.00248. The average Bonchev–Trinajstić information content (AvgIpc) is 2.80. The Balaban J connectivity index is 2.66. The van der Waals surface area contributed by atoms with Crippen LogP contribution in [0.4, 0.5) is 9.93 Å². The maximum absolute atomic E-state index is 12.3. The van der Waals surface area contributed by atoms with Crippen molar-refractivity contribution in [3.8, 4) is 0 Å². The molecule has 7 heteroatoms. The molecular weight excluding hydrogens is 276 g/mol. The minimum atomic E-state index is -0.188. The SMILES string of the molecule is CCc1nnc(NC(=O)N(CCCO)CC(C)(C)C)s1. The zero-order valence-electron chi connectivity index (χ0n) is 12.6. The van der Waals surface area contributed by atoms with Crippen molar-refractivity contribution in [2.24, 2.45) is 5.41 Å². The number of amides is 2. The number of nitrogens with zero attached hydrogens (tertiary/aromatic N) is 3. The van der Waals surface area contributed by atoms with Crippen LogP contribution in [0.2, 0.25) is 0 Å². The Morgan fingerprint density at radius 1 is 1.40 bits per heavy atom. The molecule has 20 heavy (non-hydrogen) atoms. The van der Waals surface area contributed by atoms with Crippen LogP contribution >= 0.6 is 11.3 Å². The fourth-order valence-corrected chi connectivity index (χ4v) is 2.37. The topological polar surface area (TPSA) is 78.4 Å². The molecule has 0 aliphatic carbocycles. The van der Waals surface area contributed by atoms with E-state index in [1.165, 1.54) is 11.3 Å². The number of hydrogen-bond acceptors (Lipinski definition) is 5. The molecule has 0 aromatic carbocycles. The van der Waals surface area contributed by atoms with Gasteiger partial charge in [-0.3, -0.25) is 5.32 Å². The van der Waals surface area contributed by atoms with Crippen LogP contribution in [0.15, 0.2) is 0 Å². The van der Waals surface area contributed by atoms with Gasteiger partial charge in [0.2, 0.25) is 5.13 Å². The molecule has 1 aromatic rings. The van der Waals surface area contributed by atoms with Gasteiger partial charge < -0.3 is 10.0 Å². The standard InChI is InChI=1S/C13H24N4O2S/c1-5-10-15-16-11(20-10)14-12(19)17(7-6-8-18)9-13(2,3)4/h18H,5-9H2,1-4H3,(H,14,16,19). The number of carbonyl (C=O) groups excluding carboxylic acids is 1. The van der Waals surface area contributed by atoms with E-state index in [1.54, 1.807) is 4.90 Å². The Labute approximate surface area is 124 Å². The van der Waals surface area contributed by atoms with Crippen LogP contribution in [0.25, 0.3) is 0 Å². The van der Waals surface area contributed by atoms with Crippen molar-refractivity contribution in [1.82, 2.24) is 15.1 Å². The zero-order chi connectivity index (χ0) is 15.2. The Kier molecular flexibility index (Phi) is 6.35. The lowest BCUT2D eigenvalue weighted by Crippen LogP contribution is -2.41. The molecule has 1 rings (SSSR count). The number of nitrogens with one attached hydrogen (secondary N) is 1. The monoisotopic (exact) mass is 300 g/mol.